The van der Waals surface area contributed by atoms with Crippen LogP contribution in [0, 0.1) is 6.92 Å². The Bertz CT molecular complexity index is 782. The minimum Gasteiger partial charge on any atom is -0.338 e. The number of aryl methyl sites for hydroxylation is 1. The van der Waals surface area contributed by atoms with E-state index in [0.29, 0.717) is 23.7 Å². The van der Waals surface area contributed by atoms with E-state index in [-0.39, 0.29) is 11.8 Å². The number of amides is 2. The molecule has 6 heteroatoms. The fourth-order valence-corrected chi connectivity index (χ4v) is 3.90. The van der Waals surface area contributed by atoms with Gasteiger partial charge in [0, 0.05) is 41.3 Å². The van der Waals surface area contributed by atoms with E-state index in [1.807, 2.05) is 11.1 Å². The standard InChI is InChI=1S/C19H21N3O2S/c1-3-17(23)21-16-8-6-14(7-9-16)19(24)22-10-4-5-15(12-22)18-20-11-13(2)25-18/h3,6-9,11,15H,1,4-5,10,12H2,2H3,(H,21,23). The number of hydrogen-bond acceptors (Lipinski definition) is 4. The van der Waals surface area contributed by atoms with Crippen LogP contribution in [-0.2, 0) is 4.79 Å². The largest absolute Gasteiger partial charge is 0.338 e. The minimum atomic E-state index is -0.267. The fourth-order valence-electron chi connectivity index (χ4n) is 3.00. The van der Waals surface area contributed by atoms with E-state index in [9.17, 15) is 9.59 Å². The number of aromatic nitrogens is 1. The number of piperidine rings is 1. The second kappa shape index (κ2) is 7.61. The van der Waals surface area contributed by atoms with Gasteiger partial charge in [-0.05, 0) is 50.1 Å². The molecular weight excluding hydrogens is 334 g/mol. The number of likely N-dealkylation sites (tertiary alicyclic amines) is 1. The zero-order valence-corrected chi connectivity index (χ0v) is 15.0. The molecule has 5 nitrogen and oxygen atoms in total. The highest BCUT2D eigenvalue weighted by Gasteiger charge is 2.27. The molecule has 1 saturated heterocycles. The highest BCUT2D eigenvalue weighted by molar-refractivity contribution is 7.11. The lowest BCUT2D eigenvalue weighted by atomic mass is 9.98. The number of anilines is 1. The SMILES string of the molecule is C=CC(=O)Nc1ccc(C(=O)N2CCCC(c3ncc(C)s3)C2)cc1. The van der Waals surface area contributed by atoms with E-state index >= 15 is 0 Å². The molecule has 0 aliphatic carbocycles. The maximum Gasteiger partial charge on any atom is 0.253 e. The van der Waals surface area contributed by atoms with Crippen LogP contribution in [0.4, 0.5) is 5.69 Å². The summed E-state index contributed by atoms with van der Waals surface area (Å²) >= 11 is 1.72. The molecule has 1 N–H and O–H groups in total. The summed E-state index contributed by atoms with van der Waals surface area (Å²) in [5.41, 5.74) is 1.28. The molecule has 1 aliphatic rings. The summed E-state index contributed by atoms with van der Waals surface area (Å²) in [6.45, 7) is 6.96. The minimum absolute atomic E-state index is 0.0274. The van der Waals surface area contributed by atoms with Crippen molar-refractivity contribution in [1.82, 2.24) is 9.88 Å². The van der Waals surface area contributed by atoms with Crippen LogP contribution in [0.3, 0.4) is 0 Å². The summed E-state index contributed by atoms with van der Waals surface area (Å²) < 4.78 is 0. The molecule has 1 aromatic carbocycles. The molecule has 1 fully saturated rings. The van der Waals surface area contributed by atoms with Crippen molar-refractivity contribution >= 4 is 28.8 Å². The summed E-state index contributed by atoms with van der Waals surface area (Å²) in [4.78, 5) is 31.7. The van der Waals surface area contributed by atoms with Gasteiger partial charge in [-0.15, -0.1) is 11.3 Å². The van der Waals surface area contributed by atoms with Gasteiger partial charge >= 0.3 is 0 Å². The number of carbonyl (C=O) groups is 2. The Kier molecular flexibility index (Phi) is 5.28. The molecule has 2 aromatic rings. The van der Waals surface area contributed by atoms with Gasteiger partial charge in [0.25, 0.3) is 5.91 Å². The third-order valence-electron chi connectivity index (χ3n) is 4.28. The average molecular weight is 355 g/mol. The van der Waals surface area contributed by atoms with Crippen molar-refractivity contribution in [2.45, 2.75) is 25.7 Å². The zero-order valence-electron chi connectivity index (χ0n) is 14.2. The summed E-state index contributed by atoms with van der Waals surface area (Å²) in [7, 11) is 0. The van der Waals surface area contributed by atoms with Crippen LogP contribution in [0.25, 0.3) is 0 Å². The molecule has 2 heterocycles. The Hall–Kier alpha value is -2.47. The topological polar surface area (TPSA) is 62.3 Å². The van der Waals surface area contributed by atoms with Gasteiger partial charge in [-0.2, -0.15) is 0 Å². The molecule has 25 heavy (non-hydrogen) atoms. The lowest BCUT2D eigenvalue weighted by Crippen LogP contribution is -2.39. The van der Waals surface area contributed by atoms with Crippen molar-refractivity contribution < 1.29 is 9.59 Å². The maximum absolute atomic E-state index is 12.8. The normalized spacial score (nSPS) is 17.2. The summed E-state index contributed by atoms with van der Waals surface area (Å²) in [5, 5.41) is 3.80. The molecule has 1 atom stereocenters. The molecule has 0 bridgehead atoms. The lowest BCUT2D eigenvalue weighted by molar-refractivity contribution is -0.111. The van der Waals surface area contributed by atoms with Crippen LogP contribution in [0.15, 0.2) is 43.1 Å². The van der Waals surface area contributed by atoms with Gasteiger partial charge in [0.05, 0.1) is 5.01 Å². The molecule has 130 valence electrons. The van der Waals surface area contributed by atoms with E-state index in [1.54, 1.807) is 35.6 Å². The van der Waals surface area contributed by atoms with Gasteiger partial charge in [0.15, 0.2) is 0 Å². The van der Waals surface area contributed by atoms with Gasteiger partial charge in [-0.25, -0.2) is 4.98 Å². The third-order valence-corrected chi connectivity index (χ3v) is 5.36. The van der Waals surface area contributed by atoms with Crippen LogP contribution < -0.4 is 5.32 Å². The molecule has 1 aromatic heterocycles. The van der Waals surface area contributed by atoms with Crippen molar-refractivity contribution in [2.75, 3.05) is 18.4 Å². The number of thiazole rings is 1. The number of nitrogens with one attached hydrogen (secondary N) is 1. The number of rotatable bonds is 4. The first-order valence-electron chi connectivity index (χ1n) is 8.32. The zero-order chi connectivity index (χ0) is 17.8. The van der Waals surface area contributed by atoms with Gasteiger partial charge in [-0.1, -0.05) is 6.58 Å². The van der Waals surface area contributed by atoms with E-state index < -0.39 is 0 Å². The van der Waals surface area contributed by atoms with Crippen molar-refractivity contribution in [1.29, 1.82) is 0 Å². The van der Waals surface area contributed by atoms with E-state index in [2.05, 4.69) is 23.8 Å². The Morgan fingerprint density at radius 3 is 2.76 bits per heavy atom. The van der Waals surface area contributed by atoms with Crippen LogP contribution in [0.5, 0.6) is 0 Å². The summed E-state index contributed by atoms with van der Waals surface area (Å²) in [5.74, 6) is 0.0822. The molecular formula is C19H21N3O2S. The molecule has 1 aliphatic heterocycles. The van der Waals surface area contributed by atoms with Gasteiger partial charge in [0.1, 0.15) is 0 Å². The monoisotopic (exact) mass is 355 g/mol. The first-order chi connectivity index (χ1) is 12.1. The number of benzene rings is 1. The Morgan fingerprint density at radius 1 is 1.36 bits per heavy atom. The van der Waals surface area contributed by atoms with Crippen LogP contribution in [-0.4, -0.2) is 34.8 Å². The quantitative estimate of drug-likeness (QED) is 0.853. The van der Waals surface area contributed by atoms with Gasteiger partial charge in [-0.3, -0.25) is 9.59 Å². The Labute approximate surface area is 151 Å². The molecule has 2 amide bonds. The first-order valence-corrected chi connectivity index (χ1v) is 9.13. The number of nitrogens with zero attached hydrogens (tertiary/aromatic N) is 2. The van der Waals surface area contributed by atoms with Crippen molar-refractivity contribution in [3.05, 3.63) is 58.6 Å². The summed E-state index contributed by atoms with van der Waals surface area (Å²) in [6.07, 6.45) is 5.18. The lowest BCUT2D eigenvalue weighted by Gasteiger charge is -2.32. The van der Waals surface area contributed by atoms with E-state index in [4.69, 9.17) is 0 Å². The van der Waals surface area contributed by atoms with Crippen molar-refractivity contribution in [3.63, 3.8) is 0 Å². The maximum atomic E-state index is 12.8. The molecule has 0 saturated carbocycles. The van der Waals surface area contributed by atoms with Crippen molar-refractivity contribution in [2.24, 2.45) is 0 Å². The predicted molar refractivity (Wildman–Crippen MR) is 100.0 cm³/mol. The third kappa shape index (κ3) is 4.14. The van der Waals surface area contributed by atoms with Gasteiger partial charge in [0.2, 0.25) is 5.91 Å². The predicted octanol–water partition coefficient (Wildman–Crippen LogP) is 3.60. The van der Waals surface area contributed by atoms with Crippen LogP contribution in [0.1, 0.15) is 39.0 Å². The smallest absolute Gasteiger partial charge is 0.253 e. The first kappa shape index (κ1) is 17.4. The highest BCUT2D eigenvalue weighted by Crippen LogP contribution is 2.30. The Morgan fingerprint density at radius 2 is 2.12 bits per heavy atom. The molecule has 0 radical (unpaired) electrons. The highest BCUT2D eigenvalue weighted by atomic mass is 32.1. The van der Waals surface area contributed by atoms with E-state index in [1.165, 1.54) is 11.0 Å². The number of carbonyl (C=O) groups excluding carboxylic acids is 2. The van der Waals surface area contributed by atoms with Gasteiger partial charge < -0.3 is 10.2 Å². The molecule has 1 unspecified atom stereocenters. The summed E-state index contributed by atoms with van der Waals surface area (Å²) in [6, 6.07) is 6.97. The average Bonchev–Trinajstić information content (AvgIpc) is 3.08. The Balaban J connectivity index is 1.67. The molecule has 3 rings (SSSR count). The second-order valence-corrected chi connectivity index (χ2v) is 7.44. The second-order valence-electron chi connectivity index (χ2n) is 6.17. The van der Waals surface area contributed by atoms with Crippen molar-refractivity contribution in [3.8, 4) is 0 Å². The number of hydrogen-bond donors (Lipinski definition) is 1. The van der Waals surface area contributed by atoms with Crippen LogP contribution in [0.2, 0.25) is 0 Å². The van der Waals surface area contributed by atoms with E-state index in [0.717, 1.165) is 24.4 Å². The fraction of sp³-hybridized carbons (Fsp3) is 0.316. The van der Waals surface area contributed by atoms with Crippen LogP contribution >= 0.6 is 11.3 Å². The molecule has 0 spiro atoms.